The Morgan fingerprint density at radius 2 is 1.55 bits per heavy atom. The lowest BCUT2D eigenvalue weighted by molar-refractivity contribution is 0.347. The maximum Gasteiger partial charge on any atom is 0.331 e. The van der Waals surface area contributed by atoms with Crippen LogP contribution in [0.25, 0.3) is 16.6 Å². The second kappa shape index (κ2) is 7.47. The number of nitrogens with zero attached hydrogens (tertiary/aromatic N) is 3. The van der Waals surface area contributed by atoms with Crippen molar-refractivity contribution in [3.8, 4) is 22.9 Å². The van der Waals surface area contributed by atoms with E-state index >= 15 is 0 Å². The molecule has 0 amide bonds. The van der Waals surface area contributed by atoms with Crippen molar-refractivity contribution in [1.29, 1.82) is 0 Å². The third kappa shape index (κ3) is 2.85. The Balaban J connectivity index is 1.91. The van der Waals surface area contributed by atoms with Crippen molar-refractivity contribution < 1.29 is 14.2 Å². The Bertz CT molecular complexity index is 1530. The van der Waals surface area contributed by atoms with E-state index in [0.29, 0.717) is 28.2 Å². The van der Waals surface area contributed by atoms with Crippen LogP contribution in [0.3, 0.4) is 0 Å². The number of ether oxygens (including phenoxy) is 3. The fourth-order valence-corrected chi connectivity index (χ4v) is 4.62. The van der Waals surface area contributed by atoms with E-state index in [1.165, 1.54) is 11.6 Å². The number of aryl methyl sites for hydroxylation is 1. The minimum absolute atomic E-state index is 0.342. The van der Waals surface area contributed by atoms with Crippen LogP contribution < -0.4 is 30.8 Å². The van der Waals surface area contributed by atoms with E-state index in [1.54, 1.807) is 40.6 Å². The maximum atomic E-state index is 13.0. The van der Waals surface area contributed by atoms with Crippen molar-refractivity contribution in [2.75, 3.05) is 26.6 Å². The van der Waals surface area contributed by atoms with Crippen molar-refractivity contribution in [1.82, 2.24) is 13.7 Å². The second-order valence-corrected chi connectivity index (χ2v) is 7.90. The van der Waals surface area contributed by atoms with Gasteiger partial charge in [-0.15, -0.1) is 0 Å². The summed E-state index contributed by atoms with van der Waals surface area (Å²) in [5.74, 6) is 1.66. The van der Waals surface area contributed by atoms with Gasteiger partial charge in [-0.05, 0) is 18.2 Å². The lowest BCUT2D eigenvalue weighted by Gasteiger charge is -2.31. The first-order chi connectivity index (χ1) is 15.9. The molecule has 1 aliphatic rings. The number of nitrogens with one attached hydrogen (secondary N) is 1. The molecule has 0 bridgehead atoms. The molecule has 0 spiro atoms. The first-order valence-corrected chi connectivity index (χ1v) is 10.4. The molecule has 0 saturated heterocycles. The van der Waals surface area contributed by atoms with Gasteiger partial charge in [0.25, 0.3) is 5.56 Å². The van der Waals surface area contributed by atoms with Gasteiger partial charge in [-0.3, -0.25) is 13.9 Å². The first kappa shape index (κ1) is 20.7. The van der Waals surface area contributed by atoms with Gasteiger partial charge in [0.15, 0.2) is 11.5 Å². The molecule has 1 atom stereocenters. The molecule has 0 unspecified atom stereocenters. The molecule has 9 nitrogen and oxygen atoms in total. The van der Waals surface area contributed by atoms with Crippen LogP contribution >= 0.6 is 0 Å². The van der Waals surface area contributed by atoms with Crippen molar-refractivity contribution in [2.24, 2.45) is 14.1 Å². The molecule has 1 aliphatic heterocycles. The molecule has 5 rings (SSSR count). The summed E-state index contributed by atoms with van der Waals surface area (Å²) in [6, 6.07) is 11.0. The summed E-state index contributed by atoms with van der Waals surface area (Å²) >= 11 is 0. The highest BCUT2D eigenvalue weighted by Gasteiger charge is 2.33. The number of methoxy groups -OCH3 is 3. The van der Waals surface area contributed by atoms with Gasteiger partial charge in [0, 0.05) is 31.9 Å². The third-order valence-corrected chi connectivity index (χ3v) is 6.24. The molecular formula is C24H24N4O5. The average molecular weight is 448 g/mol. The monoisotopic (exact) mass is 448 g/mol. The highest BCUT2D eigenvalue weighted by atomic mass is 16.5. The summed E-state index contributed by atoms with van der Waals surface area (Å²) in [5, 5.41) is 4.03. The van der Waals surface area contributed by atoms with E-state index in [0.717, 1.165) is 27.2 Å². The zero-order chi connectivity index (χ0) is 23.4. The van der Waals surface area contributed by atoms with E-state index in [2.05, 4.69) is 5.32 Å². The van der Waals surface area contributed by atoms with Crippen LogP contribution in [-0.2, 0) is 14.1 Å². The van der Waals surface area contributed by atoms with Gasteiger partial charge in [-0.1, -0.05) is 12.1 Å². The van der Waals surface area contributed by atoms with Gasteiger partial charge in [0.1, 0.15) is 5.75 Å². The number of benzene rings is 2. The number of hydrogen-bond donors (Lipinski definition) is 1. The SMILES string of the molecule is COc1cc(OC)c([C@@H]2Nc3ccccc3-n3cc4c(=O)n(C)c(=O)n(C)c4c32)cc1OC. The molecule has 0 saturated carbocycles. The molecule has 0 aliphatic carbocycles. The Hall–Kier alpha value is -4.14. The molecule has 2 aromatic carbocycles. The minimum atomic E-state index is -0.440. The fourth-order valence-electron chi connectivity index (χ4n) is 4.62. The number of aromatic nitrogens is 3. The van der Waals surface area contributed by atoms with Crippen LogP contribution in [0.4, 0.5) is 5.69 Å². The van der Waals surface area contributed by atoms with Crippen LogP contribution in [-0.4, -0.2) is 35.0 Å². The normalized spacial score (nSPS) is 14.4. The van der Waals surface area contributed by atoms with Gasteiger partial charge in [-0.25, -0.2) is 4.79 Å². The third-order valence-electron chi connectivity index (χ3n) is 6.24. The topological polar surface area (TPSA) is 88.7 Å². The second-order valence-electron chi connectivity index (χ2n) is 7.90. The summed E-state index contributed by atoms with van der Waals surface area (Å²) < 4.78 is 21.3. The van der Waals surface area contributed by atoms with Crippen molar-refractivity contribution >= 4 is 16.6 Å². The molecular weight excluding hydrogens is 424 g/mol. The molecule has 170 valence electrons. The number of rotatable bonds is 4. The van der Waals surface area contributed by atoms with Crippen LogP contribution in [0.15, 0.2) is 52.2 Å². The minimum Gasteiger partial charge on any atom is -0.496 e. The van der Waals surface area contributed by atoms with Gasteiger partial charge < -0.3 is 24.1 Å². The zero-order valence-electron chi connectivity index (χ0n) is 19.0. The van der Waals surface area contributed by atoms with E-state index in [9.17, 15) is 9.59 Å². The van der Waals surface area contributed by atoms with E-state index in [1.807, 2.05) is 34.9 Å². The highest BCUT2D eigenvalue weighted by Crippen LogP contribution is 2.45. The van der Waals surface area contributed by atoms with Gasteiger partial charge in [0.05, 0.1) is 55.3 Å². The quantitative estimate of drug-likeness (QED) is 0.516. The fraction of sp³-hybridized carbons (Fsp3) is 0.250. The molecule has 9 heteroatoms. The zero-order valence-corrected chi connectivity index (χ0v) is 19.0. The van der Waals surface area contributed by atoms with Gasteiger partial charge in [0.2, 0.25) is 0 Å². The predicted octanol–water partition coefficient (Wildman–Crippen LogP) is 2.57. The average Bonchev–Trinajstić information content (AvgIpc) is 3.26. The van der Waals surface area contributed by atoms with E-state index < -0.39 is 11.7 Å². The summed E-state index contributed by atoms with van der Waals surface area (Å²) in [5.41, 5.74) is 3.13. The Morgan fingerprint density at radius 1 is 0.879 bits per heavy atom. The molecule has 33 heavy (non-hydrogen) atoms. The number of hydrogen-bond acceptors (Lipinski definition) is 6. The largest absolute Gasteiger partial charge is 0.496 e. The Kier molecular flexibility index (Phi) is 4.70. The summed E-state index contributed by atoms with van der Waals surface area (Å²) in [4.78, 5) is 25.9. The molecule has 4 aromatic rings. The molecule has 0 fully saturated rings. The lowest BCUT2D eigenvalue weighted by atomic mass is 9.98. The Morgan fingerprint density at radius 3 is 2.24 bits per heavy atom. The smallest absolute Gasteiger partial charge is 0.331 e. The highest BCUT2D eigenvalue weighted by molar-refractivity contribution is 5.86. The predicted molar refractivity (Wildman–Crippen MR) is 125 cm³/mol. The number of fused-ring (bicyclic) bond motifs is 5. The molecule has 3 heterocycles. The summed E-state index contributed by atoms with van der Waals surface area (Å²) in [6.07, 6.45) is 1.80. The molecule has 1 N–H and O–H groups in total. The number of anilines is 1. The van der Waals surface area contributed by atoms with Crippen molar-refractivity contribution in [2.45, 2.75) is 6.04 Å². The number of para-hydroxylation sites is 2. The van der Waals surface area contributed by atoms with Gasteiger partial charge >= 0.3 is 5.69 Å². The van der Waals surface area contributed by atoms with Crippen LogP contribution in [0, 0.1) is 0 Å². The standard InChI is InChI=1S/C24H24N4O5/c1-26-21-14(23(29)27(2)24(26)30)12-28-16-9-7-6-8-15(16)25-20(22(21)28)13-10-18(32-4)19(33-5)11-17(13)31-3/h6-12,20,25H,1-5H3/t20-/m0/s1. The van der Waals surface area contributed by atoms with Crippen LogP contribution in [0.1, 0.15) is 17.3 Å². The molecule has 2 aromatic heterocycles. The van der Waals surface area contributed by atoms with Crippen molar-refractivity contribution in [3.63, 3.8) is 0 Å². The van der Waals surface area contributed by atoms with Crippen molar-refractivity contribution in [3.05, 3.63) is 74.7 Å². The van der Waals surface area contributed by atoms with E-state index in [4.69, 9.17) is 14.2 Å². The van der Waals surface area contributed by atoms with E-state index in [-0.39, 0.29) is 5.56 Å². The summed E-state index contributed by atoms with van der Waals surface area (Å²) in [6.45, 7) is 0. The molecule has 0 radical (unpaired) electrons. The summed E-state index contributed by atoms with van der Waals surface area (Å²) in [7, 11) is 7.89. The van der Waals surface area contributed by atoms with Crippen LogP contribution in [0.2, 0.25) is 0 Å². The van der Waals surface area contributed by atoms with Gasteiger partial charge in [-0.2, -0.15) is 0 Å². The lowest BCUT2D eigenvalue weighted by Crippen LogP contribution is -2.37. The maximum absolute atomic E-state index is 13.0. The van der Waals surface area contributed by atoms with Crippen LogP contribution in [0.5, 0.6) is 17.2 Å². The first-order valence-electron chi connectivity index (χ1n) is 10.4. The Labute approximate surface area is 189 Å².